The number of anilines is 2. The molecule has 0 atom stereocenters. The fourth-order valence-electron chi connectivity index (χ4n) is 5.31. The Kier molecular flexibility index (Phi) is 7.14. The number of nitrogens with zero attached hydrogens (tertiary/aromatic N) is 4. The molecule has 1 amide bonds. The summed E-state index contributed by atoms with van der Waals surface area (Å²) in [5, 5.41) is 11.4. The van der Waals surface area contributed by atoms with Crippen LogP contribution in [-0.2, 0) is 12.8 Å². The molecular weight excluding hydrogens is 476 g/mol. The molecule has 2 aliphatic rings. The molecule has 1 aromatic carbocycles. The summed E-state index contributed by atoms with van der Waals surface area (Å²) < 4.78 is 5.37. The number of benzene rings is 1. The van der Waals surface area contributed by atoms with Gasteiger partial charge in [-0.25, -0.2) is 4.98 Å². The molecule has 190 valence electrons. The highest BCUT2D eigenvalue weighted by atomic mass is 35.5. The van der Waals surface area contributed by atoms with Crippen LogP contribution in [0.1, 0.15) is 65.9 Å². The van der Waals surface area contributed by atoms with Crippen molar-refractivity contribution in [2.75, 3.05) is 24.3 Å². The first-order valence-electron chi connectivity index (χ1n) is 12.8. The minimum atomic E-state index is -0.172. The van der Waals surface area contributed by atoms with Gasteiger partial charge < -0.3 is 20.1 Å². The predicted molar refractivity (Wildman–Crippen MR) is 142 cm³/mol. The van der Waals surface area contributed by atoms with Gasteiger partial charge in [-0.05, 0) is 64.4 Å². The summed E-state index contributed by atoms with van der Waals surface area (Å²) in [4.78, 5) is 25.0. The number of carbonyl (C=O) groups excluding carboxylic acids is 1. The monoisotopic (exact) mass is 508 g/mol. The summed E-state index contributed by atoms with van der Waals surface area (Å²) in [7, 11) is 4.09. The SMILES string of the molecule is Cc1onc(-c2ccccc2Cl)c1C(=O)NC1CCC(Nc2nc3c(c(N(C)C)n2)CCCC3)CC1. The molecule has 1 saturated carbocycles. The Balaban J connectivity index is 1.22. The first-order valence-corrected chi connectivity index (χ1v) is 13.1. The highest BCUT2D eigenvalue weighted by Crippen LogP contribution is 2.32. The van der Waals surface area contributed by atoms with Crippen molar-refractivity contribution in [1.29, 1.82) is 0 Å². The average Bonchev–Trinajstić information content (AvgIpc) is 3.26. The normalized spacial score (nSPS) is 19.4. The van der Waals surface area contributed by atoms with E-state index in [2.05, 4.69) is 20.7 Å². The molecule has 0 unspecified atom stereocenters. The van der Waals surface area contributed by atoms with Crippen LogP contribution in [0.5, 0.6) is 0 Å². The van der Waals surface area contributed by atoms with E-state index >= 15 is 0 Å². The van der Waals surface area contributed by atoms with E-state index in [1.54, 1.807) is 13.0 Å². The minimum Gasteiger partial charge on any atom is -0.362 e. The maximum Gasteiger partial charge on any atom is 0.257 e. The molecule has 36 heavy (non-hydrogen) atoms. The predicted octanol–water partition coefficient (Wildman–Crippen LogP) is 5.19. The third-order valence-corrected chi connectivity index (χ3v) is 7.53. The zero-order valence-electron chi connectivity index (χ0n) is 21.1. The number of hydrogen-bond acceptors (Lipinski definition) is 7. The molecule has 0 radical (unpaired) electrons. The molecule has 0 aliphatic heterocycles. The Morgan fingerprint density at radius 1 is 1.06 bits per heavy atom. The van der Waals surface area contributed by atoms with Crippen LogP contribution in [0.4, 0.5) is 11.8 Å². The van der Waals surface area contributed by atoms with Crippen LogP contribution in [0.15, 0.2) is 28.8 Å². The van der Waals surface area contributed by atoms with E-state index in [0.717, 1.165) is 50.3 Å². The van der Waals surface area contributed by atoms with Crippen LogP contribution < -0.4 is 15.5 Å². The average molecular weight is 509 g/mol. The number of aryl methyl sites for hydroxylation is 2. The van der Waals surface area contributed by atoms with Crippen LogP contribution in [0.25, 0.3) is 11.3 Å². The third-order valence-electron chi connectivity index (χ3n) is 7.20. The van der Waals surface area contributed by atoms with Crippen molar-refractivity contribution in [2.45, 2.75) is 70.4 Å². The number of rotatable bonds is 6. The Bertz CT molecular complexity index is 1250. The van der Waals surface area contributed by atoms with Crippen LogP contribution in [0.2, 0.25) is 5.02 Å². The molecule has 3 aromatic rings. The highest BCUT2D eigenvalue weighted by Gasteiger charge is 2.28. The van der Waals surface area contributed by atoms with Crippen molar-refractivity contribution in [1.82, 2.24) is 20.4 Å². The molecule has 0 saturated heterocycles. The Morgan fingerprint density at radius 2 is 1.78 bits per heavy atom. The number of fused-ring (bicyclic) bond motifs is 1. The molecule has 0 bridgehead atoms. The van der Waals surface area contributed by atoms with E-state index in [9.17, 15) is 4.79 Å². The van der Waals surface area contributed by atoms with Crippen molar-refractivity contribution < 1.29 is 9.32 Å². The second-order valence-electron chi connectivity index (χ2n) is 10.0. The number of amides is 1. The van der Waals surface area contributed by atoms with Gasteiger partial charge in [-0.2, -0.15) is 4.98 Å². The summed E-state index contributed by atoms with van der Waals surface area (Å²) in [6, 6.07) is 7.72. The number of carbonyl (C=O) groups is 1. The molecular formula is C27H33ClN6O2. The van der Waals surface area contributed by atoms with Gasteiger partial charge in [0.1, 0.15) is 22.8 Å². The van der Waals surface area contributed by atoms with Gasteiger partial charge in [0.05, 0.1) is 10.7 Å². The van der Waals surface area contributed by atoms with Gasteiger partial charge in [0, 0.05) is 37.3 Å². The molecule has 2 aromatic heterocycles. The van der Waals surface area contributed by atoms with E-state index < -0.39 is 0 Å². The maximum atomic E-state index is 13.2. The molecule has 0 spiro atoms. The Labute approximate surface area is 216 Å². The summed E-state index contributed by atoms with van der Waals surface area (Å²) in [6.45, 7) is 1.75. The van der Waals surface area contributed by atoms with Gasteiger partial charge in [0.25, 0.3) is 5.91 Å². The second-order valence-corrected chi connectivity index (χ2v) is 10.4. The van der Waals surface area contributed by atoms with Gasteiger partial charge in [0.2, 0.25) is 5.95 Å². The van der Waals surface area contributed by atoms with E-state index in [1.165, 1.54) is 24.1 Å². The minimum absolute atomic E-state index is 0.0886. The highest BCUT2D eigenvalue weighted by molar-refractivity contribution is 6.33. The van der Waals surface area contributed by atoms with Crippen LogP contribution in [-0.4, -0.2) is 47.2 Å². The first-order chi connectivity index (χ1) is 17.4. The lowest BCUT2D eigenvalue weighted by atomic mass is 9.91. The third kappa shape index (κ3) is 5.05. The number of aromatic nitrogens is 3. The summed E-state index contributed by atoms with van der Waals surface area (Å²) in [6.07, 6.45) is 8.08. The molecule has 2 N–H and O–H groups in total. The van der Waals surface area contributed by atoms with Crippen LogP contribution in [0.3, 0.4) is 0 Å². The molecule has 5 rings (SSSR count). The second kappa shape index (κ2) is 10.5. The van der Waals surface area contributed by atoms with Crippen LogP contribution >= 0.6 is 11.6 Å². The van der Waals surface area contributed by atoms with Gasteiger partial charge in [-0.1, -0.05) is 35.0 Å². The van der Waals surface area contributed by atoms with Crippen molar-refractivity contribution in [2.24, 2.45) is 0 Å². The molecule has 2 aliphatic carbocycles. The fourth-order valence-corrected chi connectivity index (χ4v) is 5.53. The van der Waals surface area contributed by atoms with Crippen molar-refractivity contribution in [3.05, 3.63) is 51.9 Å². The number of nitrogens with one attached hydrogen (secondary N) is 2. The van der Waals surface area contributed by atoms with Crippen molar-refractivity contribution in [3.63, 3.8) is 0 Å². The van der Waals surface area contributed by atoms with Gasteiger partial charge >= 0.3 is 0 Å². The standard InChI is InChI=1S/C27H33ClN6O2/c1-16-23(24(33-36-16)19-8-4-6-10-21(19)28)26(35)29-17-12-14-18(15-13-17)30-27-31-22-11-7-5-9-20(22)25(32-27)34(2)3/h4,6,8,10,17-18H,5,7,9,11-15H2,1-3H3,(H,29,35)(H,30,31,32). The fraction of sp³-hybridized carbons (Fsp3) is 0.481. The van der Waals surface area contributed by atoms with Gasteiger partial charge in [-0.3, -0.25) is 4.79 Å². The van der Waals surface area contributed by atoms with E-state index in [0.29, 0.717) is 27.6 Å². The van der Waals surface area contributed by atoms with Gasteiger partial charge in [0.15, 0.2) is 0 Å². The van der Waals surface area contributed by atoms with Crippen molar-refractivity contribution in [3.8, 4) is 11.3 Å². The first kappa shape index (κ1) is 24.6. The van der Waals surface area contributed by atoms with Gasteiger partial charge in [-0.15, -0.1) is 0 Å². The zero-order valence-corrected chi connectivity index (χ0v) is 21.9. The Hall–Kier alpha value is -3.13. The number of hydrogen-bond donors (Lipinski definition) is 2. The molecule has 8 nitrogen and oxygen atoms in total. The molecule has 9 heteroatoms. The molecule has 1 fully saturated rings. The molecule has 2 heterocycles. The zero-order chi connectivity index (χ0) is 25.2. The number of halogens is 1. The van der Waals surface area contributed by atoms with Crippen molar-refractivity contribution >= 4 is 29.3 Å². The maximum absolute atomic E-state index is 13.2. The van der Waals surface area contributed by atoms with E-state index in [-0.39, 0.29) is 18.0 Å². The van der Waals surface area contributed by atoms with E-state index in [1.807, 2.05) is 32.3 Å². The topological polar surface area (TPSA) is 96.2 Å². The van der Waals surface area contributed by atoms with E-state index in [4.69, 9.17) is 26.1 Å². The lowest BCUT2D eigenvalue weighted by Crippen LogP contribution is -2.40. The largest absolute Gasteiger partial charge is 0.362 e. The lowest BCUT2D eigenvalue weighted by Gasteiger charge is -2.30. The Morgan fingerprint density at radius 3 is 2.53 bits per heavy atom. The summed E-state index contributed by atoms with van der Waals surface area (Å²) in [5.41, 5.74) is 4.09. The quantitative estimate of drug-likeness (QED) is 0.473. The summed E-state index contributed by atoms with van der Waals surface area (Å²) in [5.74, 6) is 2.06. The summed E-state index contributed by atoms with van der Waals surface area (Å²) >= 11 is 6.35. The smallest absolute Gasteiger partial charge is 0.257 e. The lowest BCUT2D eigenvalue weighted by molar-refractivity contribution is 0.0925. The van der Waals surface area contributed by atoms with Crippen LogP contribution in [0, 0.1) is 6.92 Å².